The van der Waals surface area contributed by atoms with Crippen molar-refractivity contribution in [3.8, 4) is 0 Å². The summed E-state index contributed by atoms with van der Waals surface area (Å²) in [5.74, 6) is 0.706. The normalized spacial score (nSPS) is 21.5. The molecule has 0 amide bonds. The molecule has 1 atom stereocenters. The van der Waals surface area contributed by atoms with E-state index in [2.05, 4.69) is 20.8 Å². The molecule has 1 aromatic carbocycles. The van der Waals surface area contributed by atoms with E-state index in [-0.39, 0.29) is 5.82 Å². The molecule has 0 N–H and O–H groups in total. The summed E-state index contributed by atoms with van der Waals surface area (Å²) in [5, 5.41) is 1.07. The summed E-state index contributed by atoms with van der Waals surface area (Å²) in [6.45, 7) is 2.97. The zero-order valence-electron chi connectivity index (χ0n) is 9.33. The van der Waals surface area contributed by atoms with Gasteiger partial charge in [0.1, 0.15) is 5.82 Å². The first-order valence-corrected chi connectivity index (χ1v) is 6.93. The average molecular weight is 286 g/mol. The Balaban J connectivity index is 1.90. The van der Waals surface area contributed by atoms with E-state index in [0.717, 1.165) is 36.4 Å². The lowest BCUT2D eigenvalue weighted by atomic mass is 10.1. The van der Waals surface area contributed by atoms with Crippen molar-refractivity contribution in [1.29, 1.82) is 0 Å². The summed E-state index contributed by atoms with van der Waals surface area (Å²) < 4.78 is 13.5. The van der Waals surface area contributed by atoms with Crippen LogP contribution in [0.15, 0.2) is 24.3 Å². The van der Waals surface area contributed by atoms with Crippen LogP contribution in [0.5, 0.6) is 0 Å². The van der Waals surface area contributed by atoms with Crippen LogP contribution in [0.4, 0.5) is 4.39 Å². The van der Waals surface area contributed by atoms with Crippen molar-refractivity contribution in [2.24, 2.45) is 5.92 Å². The predicted molar refractivity (Wildman–Crippen MR) is 68.2 cm³/mol. The zero-order valence-corrected chi connectivity index (χ0v) is 10.9. The Bertz CT molecular complexity index is 342. The number of benzene rings is 1. The number of likely N-dealkylation sites (tertiary alicyclic amines) is 1. The molecule has 1 aliphatic rings. The molecule has 1 unspecified atom stereocenters. The van der Waals surface area contributed by atoms with Gasteiger partial charge >= 0.3 is 0 Å². The van der Waals surface area contributed by atoms with Gasteiger partial charge in [-0.25, -0.2) is 4.39 Å². The smallest absolute Gasteiger partial charge is 0.127 e. The van der Waals surface area contributed by atoms with E-state index >= 15 is 0 Å². The van der Waals surface area contributed by atoms with Crippen LogP contribution in [0.2, 0.25) is 0 Å². The van der Waals surface area contributed by atoms with Crippen LogP contribution in [0.3, 0.4) is 0 Å². The minimum atomic E-state index is -0.0774. The maximum absolute atomic E-state index is 13.5. The van der Waals surface area contributed by atoms with Crippen molar-refractivity contribution in [2.75, 3.05) is 18.4 Å². The van der Waals surface area contributed by atoms with Crippen LogP contribution in [-0.2, 0) is 6.54 Å². The van der Waals surface area contributed by atoms with E-state index in [4.69, 9.17) is 0 Å². The van der Waals surface area contributed by atoms with E-state index in [9.17, 15) is 4.39 Å². The van der Waals surface area contributed by atoms with Crippen molar-refractivity contribution in [3.05, 3.63) is 35.6 Å². The SMILES string of the molecule is Fc1ccccc1CN1CCC(CCBr)C1. The highest BCUT2D eigenvalue weighted by Gasteiger charge is 2.22. The molecule has 0 saturated carbocycles. The molecular formula is C13H17BrFN. The maximum atomic E-state index is 13.5. The monoisotopic (exact) mass is 285 g/mol. The summed E-state index contributed by atoms with van der Waals surface area (Å²) in [4.78, 5) is 2.35. The number of alkyl halides is 1. The fourth-order valence-electron chi connectivity index (χ4n) is 2.31. The third kappa shape index (κ3) is 3.05. The second kappa shape index (κ2) is 5.78. The molecule has 0 radical (unpaired) electrons. The summed E-state index contributed by atoms with van der Waals surface area (Å²) in [6, 6.07) is 7.08. The number of halogens is 2. The lowest BCUT2D eigenvalue weighted by Gasteiger charge is -2.16. The van der Waals surface area contributed by atoms with Crippen molar-refractivity contribution in [2.45, 2.75) is 19.4 Å². The summed E-state index contributed by atoms with van der Waals surface area (Å²) in [6.07, 6.45) is 2.48. The molecule has 2 rings (SSSR count). The van der Waals surface area contributed by atoms with Gasteiger partial charge in [0.2, 0.25) is 0 Å². The van der Waals surface area contributed by atoms with E-state index in [1.807, 2.05) is 12.1 Å². The van der Waals surface area contributed by atoms with Gasteiger partial charge in [-0.05, 0) is 31.4 Å². The molecule has 3 heteroatoms. The first kappa shape index (κ1) is 12.1. The third-order valence-corrected chi connectivity index (χ3v) is 3.70. The average Bonchev–Trinajstić information content (AvgIpc) is 2.70. The van der Waals surface area contributed by atoms with Crippen molar-refractivity contribution >= 4 is 15.9 Å². The van der Waals surface area contributed by atoms with E-state index in [1.54, 1.807) is 12.1 Å². The van der Waals surface area contributed by atoms with Crippen LogP contribution in [0, 0.1) is 11.7 Å². The maximum Gasteiger partial charge on any atom is 0.127 e. The lowest BCUT2D eigenvalue weighted by Crippen LogP contribution is -2.20. The Labute approximate surface area is 105 Å². The first-order chi connectivity index (χ1) is 7.79. The van der Waals surface area contributed by atoms with Gasteiger partial charge in [-0.3, -0.25) is 4.90 Å². The van der Waals surface area contributed by atoms with Crippen LogP contribution in [-0.4, -0.2) is 23.3 Å². The Morgan fingerprint density at radius 3 is 2.94 bits per heavy atom. The Morgan fingerprint density at radius 2 is 2.19 bits per heavy atom. The standard InChI is InChI=1S/C13H17BrFN/c14-7-5-11-6-8-16(9-11)10-12-3-1-2-4-13(12)15/h1-4,11H,5-10H2. The van der Waals surface area contributed by atoms with Crippen LogP contribution in [0.1, 0.15) is 18.4 Å². The van der Waals surface area contributed by atoms with Gasteiger partial charge in [-0.1, -0.05) is 34.1 Å². The summed E-state index contributed by atoms with van der Waals surface area (Å²) in [5.41, 5.74) is 0.821. The minimum absolute atomic E-state index is 0.0774. The molecule has 1 nitrogen and oxygen atoms in total. The molecule has 0 bridgehead atoms. The molecule has 1 heterocycles. The molecule has 0 spiro atoms. The lowest BCUT2D eigenvalue weighted by molar-refractivity contribution is 0.310. The van der Waals surface area contributed by atoms with Crippen molar-refractivity contribution < 1.29 is 4.39 Å². The number of rotatable bonds is 4. The molecule has 1 aromatic rings. The van der Waals surface area contributed by atoms with Gasteiger partial charge in [0, 0.05) is 24.0 Å². The zero-order chi connectivity index (χ0) is 11.4. The first-order valence-electron chi connectivity index (χ1n) is 5.81. The van der Waals surface area contributed by atoms with Gasteiger partial charge < -0.3 is 0 Å². The molecular weight excluding hydrogens is 269 g/mol. The molecule has 1 fully saturated rings. The van der Waals surface area contributed by atoms with Crippen LogP contribution in [0.25, 0.3) is 0 Å². The topological polar surface area (TPSA) is 3.24 Å². The van der Waals surface area contributed by atoms with Crippen molar-refractivity contribution in [1.82, 2.24) is 4.90 Å². The van der Waals surface area contributed by atoms with Crippen molar-refractivity contribution in [3.63, 3.8) is 0 Å². The highest BCUT2D eigenvalue weighted by atomic mass is 79.9. The Kier molecular flexibility index (Phi) is 4.36. The highest BCUT2D eigenvalue weighted by Crippen LogP contribution is 2.22. The number of hydrogen-bond acceptors (Lipinski definition) is 1. The largest absolute Gasteiger partial charge is 0.299 e. The minimum Gasteiger partial charge on any atom is -0.299 e. The number of nitrogens with zero attached hydrogens (tertiary/aromatic N) is 1. The predicted octanol–water partition coefficient (Wildman–Crippen LogP) is 3.43. The van der Waals surface area contributed by atoms with E-state index < -0.39 is 0 Å². The second-order valence-electron chi connectivity index (χ2n) is 4.46. The van der Waals surface area contributed by atoms with E-state index in [1.165, 1.54) is 12.8 Å². The van der Waals surface area contributed by atoms with E-state index in [0.29, 0.717) is 0 Å². The van der Waals surface area contributed by atoms with Gasteiger partial charge in [0.05, 0.1) is 0 Å². The third-order valence-electron chi connectivity index (χ3n) is 3.24. The quantitative estimate of drug-likeness (QED) is 0.766. The van der Waals surface area contributed by atoms with Gasteiger partial charge in [0.25, 0.3) is 0 Å². The fraction of sp³-hybridized carbons (Fsp3) is 0.538. The molecule has 0 aromatic heterocycles. The second-order valence-corrected chi connectivity index (χ2v) is 5.25. The van der Waals surface area contributed by atoms with Gasteiger partial charge in [-0.15, -0.1) is 0 Å². The Morgan fingerprint density at radius 1 is 1.38 bits per heavy atom. The molecule has 88 valence electrons. The van der Waals surface area contributed by atoms with Gasteiger partial charge in [-0.2, -0.15) is 0 Å². The summed E-state index contributed by atoms with van der Waals surface area (Å²) >= 11 is 3.48. The Hall–Kier alpha value is -0.410. The molecule has 0 aliphatic carbocycles. The highest BCUT2D eigenvalue weighted by molar-refractivity contribution is 9.09. The fourth-order valence-corrected chi connectivity index (χ4v) is 2.96. The molecule has 16 heavy (non-hydrogen) atoms. The van der Waals surface area contributed by atoms with Crippen LogP contribution < -0.4 is 0 Å². The number of hydrogen-bond donors (Lipinski definition) is 0. The van der Waals surface area contributed by atoms with Crippen LogP contribution >= 0.6 is 15.9 Å². The van der Waals surface area contributed by atoms with Gasteiger partial charge in [0.15, 0.2) is 0 Å². The summed E-state index contributed by atoms with van der Waals surface area (Å²) in [7, 11) is 0. The molecule has 1 saturated heterocycles. The molecule has 1 aliphatic heterocycles.